The number of hydrogen-bond acceptors (Lipinski definition) is 6. The molecule has 0 aliphatic carbocycles. The first-order valence-electron chi connectivity index (χ1n) is 8.46. The first-order chi connectivity index (χ1) is 12.3. The molecule has 0 bridgehead atoms. The molecule has 0 aliphatic rings. The highest BCUT2D eigenvalue weighted by molar-refractivity contribution is 5.70. The Morgan fingerprint density at radius 2 is 1.92 bits per heavy atom. The van der Waals surface area contributed by atoms with Crippen molar-refractivity contribution in [1.82, 2.24) is 10.3 Å². The van der Waals surface area contributed by atoms with Crippen LogP contribution in [0.25, 0.3) is 11.3 Å². The Hall–Kier alpha value is -2.83. The lowest BCUT2D eigenvalue weighted by molar-refractivity contribution is -0.145. The summed E-state index contributed by atoms with van der Waals surface area (Å²) in [6.07, 6.45) is 1.74. The second-order valence-corrected chi connectivity index (χ2v) is 6.68. The minimum Gasteiger partial charge on any atom is -0.456 e. The molecule has 26 heavy (non-hydrogen) atoms. The largest absolute Gasteiger partial charge is 0.456 e. The maximum Gasteiger partial charge on any atom is 0.407 e. The smallest absolute Gasteiger partial charge is 0.407 e. The van der Waals surface area contributed by atoms with E-state index in [4.69, 9.17) is 13.9 Å². The molecular formula is C19H24N2O5. The molecule has 7 heteroatoms. The Bertz CT molecular complexity index is 719. The van der Waals surface area contributed by atoms with Crippen LogP contribution in [0.3, 0.4) is 0 Å². The number of benzene rings is 1. The van der Waals surface area contributed by atoms with Crippen molar-refractivity contribution in [2.75, 3.05) is 6.54 Å². The van der Waals surface area contributed by atoms with Gasteiger partial charge in [0.1, 0.15) is 5.60 Å². The predicted octanol–water partition coefficient (Wildman–Crippen LogP) is 3.69. The van der Waals surface area contributed by atoms with Gasteiger partial charge in [-0.1, -0.05) is 30.3 Å². The summed E-state index contributed by atoms with van der Waals surface area (Å²) in [4.78, 5) is 27.3. The predicted molar refractivity (Wildman–Crippen MR) is 95.2 cm³/mol. The molecule has 0 atom stereocenters. The molecule has 0 saturated heterocycles. The van der Waals surface area contributed by atoms with Crippen LogP contribution in [0.15, 0.2) is 40.9 Å². The third-order valence-corrected chi connectivity index (χ3v) is 3.19. The summed E-state index contributed by atoms with van der Waals surface area (Å²) in [5.74, 6) is 0.581. The molecule has 2 aromatic rings. The highest BCUT2D eigenvalue weighted by atomic mass is 16.6. The van der Waals surface area contributed by atoms with Gasteiger partial charge < -0.3 is 19.2 Å². The summed E-state index contributed by atoms with van der Waals surface area (Å²) >= 11 is 0. The molecule has 1 N–H and O–H groups in total. The Balaban J connectivity index is 1.65. The first-order valence-corrected chi connectivity index (χ1v) is 8.46. The molecule has 140 valence electrons. The molecule has 2 rings (SSSR count). The van der Waals surface area contributed by atoms with Gasteiger partial charge in [-0.25, -0.2) is 9.78 Å². The molecule has 7 nitrogen and oxygen atoms in total. The van der Waals surface area contributed by atoms with E-state index in [-0.39, 0.29) is 19.0 Å². The summed E-state index contributed by atoms with van der Waals surface area (Å²) in [5.41, 5.74) is 0.364. The summed E-state index contributed by atoms with van der Waals surface area (Å²) in [6, 6.07) is 9.55. The number of hydrogen-bond donors (Lipinski definition) is 1. The van der Waals surface area contributed by atoms with Crippen LogP contribution in [0.5, 0.6) is 0 Å². The molecule has 0 fully saturated rings. The van der Waals surface area contributed by atoms with Gasteiger partial charge in [-0.05, 0) is 27.2 Å². The zero-order valence-electron chi connectivity index (χ0n) is 15.3. The Morgan fingerprint density at radius 3 is 2.62 bits per heavy atom. The van der Waals surface area contributed by atoms with Gasteiger partial charge in [0.05, 0.1) is 6.20 Å². The molecule has 1 aromatic carbocycles. The van der Waals surface area contributed by atoms with E-state index in [0.29, 0.717) is 24.6 Å². The zero-order valence-corrected chi connectivity index (χ0v) is 15.3. The standard InChI is InChI=1S/C19H24N2O5/c1-19(2,3)26-18(23)20-11-7-10-17(22)24-13-16-21-12-15(25-16)14-8-5-4-6-9-14/h4-6,8-9,12H,7,10-11,13H2,1-3H3,(H,20,23). The van der Waals surface area contributed by atoms with Gasteiger partial charge in [-0.15, -0.1) is 0 Å². The monoisotopic (exact) mass is 360 g/mol. The van der Waals surface area contributed by atoms with E-state index in [1.54, 1.807) is 27.0 Å². The highest BCUT2D eigenvalue weighted by Crippen LogP contribution is 2.20. The van der Waals surface area contributed by atoms with Gasteiger partial charge in [0.25, 0.3) is 0 Å². The van der Waals surface area contributed by atoms with Crippen LogP contribution < -0.4 is 5.32 Å². The molecule has 0 unspecified atom stereocenters. The lowest BCUT2D eigenvalue weighted by Gasteiger charge is -2.19. The third-order valence-electron chi connectivity index (χ3n) is 3.19. The van der Waals surface area contributed by atoms with Crippen molar-refractivity contribution in [2.24, 2.45) is 0 Å². The fraction of sp³-hybridized carbons (Fsp3) is 0.421. The second kappa shape index (κ2) is 9.03. The molecule has 0 aliphatic heterocycles. The van der Waals surface area contributed by atoms with Crippen molar-refractivity contribution >= 4 is 12.1 Å². The van der Waals surface area contributed by atoms with E-state index in [0.717, 1.165) is 5.56 Å². The van der Waals surface area contributed by atoms with E-state index >= 15 is 0 Å². The summed E-state index contributed by atoms with van der Waals surface area (Å²) in [6.45, 7) is 5.67. The summed E-state index contributed by atoms with van der Waals surface area (Å²) in [5, 5.41) is 2.59. The maximum absolute atomic E-state index is 11.7. The number of oxazole rings is 1. The normalized spacial score (nSPS) is 11.0. The Kier molecular flexibility index (Phi) is 6.77. The number of nitrogens with one attached hydrogen (secondary N) is 1. The van der Waals surface area contributed by atoms with E-state index in [1.165, 1.54) is 0 Å². The number of ether oxygens (including phenoxy) is 2. The molecule has 0 spiro atoms. The number of amides is 1. The van der Waals surface area contributed by atoms with Gasteiger partial charge >= 0.3 is 12.1 Å². The fourth-order valence-electron chi connectivity index (χ4n) is 2.06. The van der Waals surface area contributed by atoms with Crippen molar-refractivity contribution in [3.63, 3.8) is 0 Å². The topological polar surface area (TPSA) is 90.7 Å². The summed E-state index contributed by atoms with van der Waals surface area (Å²) < 4.78 is 15.8. The molecule has 0 saturated carbocycles. The molecular weight excluding hydrogens is 336 g/mol. The van der Waals surface area contributed by atoms with E-state index in [1.807, 2.05) is 30.3 Å². The first kappa shape index (κ1) is 19.5. The van der Waals surface area contributed by atoms with E-state index < -0.39 is 11.7 Å². The van der Waals surface area contributed by atoms with Crippen molar-refractivity contribution in [2.45, 2.75) is 45.8 Å². The third kappa shape index (κ3) is 6.96. The van der Waals surface area contributed by atoms with Crippen molar-refractivity contribution in [3.05, 3.63) is 42.4 Å². The fourth-order valence-corrected chi connectivity index (χ4v) is 2.06. The van der Waals surface area contributed by atoms with Gasteiger partial charge in [0.15, 0.2) is 12.4 Å². The second-order valence-electron chi connectivity index (χ2n) is 6.68. The van der Waals surface area contributed by atoms with Gasteiger partial charge in [0.2, 0.25) is 5.89 Å². The number of rotatable bonds is 7. The lowest BCUT2D eigenvalue weighted by atomic mass is 10.2. The van der Waals surface area contributed by atoms with Crippen molar-refractivity contribution in [1.29, 1.82) is 0 Å². The SMILES string of the molecule is CC(C)(C)OC(=O)NCCCC(=O)OCc1ncc(-c2ccccc2)o1. The quantitative estimate of drug-likeness (QED) is 0.598. The van der Waals surface area contributed by atoms with Gasteiger partial charge in [-0.2, -0.15) is 0 Å². The van der Waals surface area contributed by atoms with Gasteiger partial charge in [0, 0.05) is 18.5 Å². The number of carbonyl (C=O) groups excluding carboxylic acids is 2. The average molecular weight is 360 g/mol. The number of alkyl carbamates (subject to hydrolysis) is 1. The number of nitrogens with zero attached hydrogens (tertiary/aromatic N) is 1. The number of aromatic nitrogens is 1. The van der Waals surface area contributed by atoms with Crippen LogP contribution in [-0.2, 0) is 20.9 Å². The average Bonchev–Trinajstić information content (AvgIpc) is 3.05. The Labute approximate surface area is 152 Å². The minimum atomic E-state index is -0.544. The number of esters is 1. The van der Waals surface area contributed by atoms with E-state index in [9.17, 15) is 9.59 Å². The van der Waals surface area contributed by atoms with Crippen molar-refractivity contribution in [3.8, 4) is 11.3 Å². The molecule has 1 amide bonds. The van der Waals surface area contributed by atoms with Gasteiger partial charge in [-0.3, -0.25) is 4.79 Å². The van der Waals surface area contributed by atoms with Crippen LogP contribution in [-0.4, -0.2) is 29.2 Å². The van der Waals surface area contributed by atoms with Crippen molar-refractivity contribution < 1.29 is 23.5 Å². The number of carbonyl (C=O) groups is 2. The van der Waals surface area contributed by atoms with E-state index in [2.05, 4.69) is 10.3 Å². The molecule has 1 heterocycles. The van der Waals surface area contributed by atoms with Crippen LogP contribution in [0.2, 0.25) is 0 Å². The Morgan fingerprint density at radius 1 is 1.19 bits per heavy atom. The highest BCUT2D eigenvalue weighted by Gasteiger charge is 2.15. The van der Waals surface area contributed by atoms with Crippen LogP contribution in [0.4, 0.5) is 4.79 Å². The maximum atomic E-state index is 11.7. The molecule has 0 radical (unpaired) electrons. The minimum absolute atomic E-state index is 0.0227. The zero-order chi connectivity index (χ0) is 19.0. The van der Waals surface area contributed by atoms with Crippen LogP contribution in [0, 0.1) is 0 Å². The summed E-state index contributed by atoms with van der Waals surface area (Å²) in [7, 11) is 0. The lowest BCUT2D eigenvalue weighted by Crippen LogP contribution is -2.33. The van der Waals surface area contributed by atoms with Crippen LogP contribution in [0.1, 0.15) is 39.5 Å². The van der Waals surface area contributed by atoms with Crippen LogP contribution >= 0.6 is 0 Å². The molecule has 1 aromatic heterocycles.